The van der Waals surface area contributed by atoms with Crippen LogP contribution in [-0.2, 0) is 4.79 Å². The fourth-order valence-corrected chi connectivity index (χ4v) is 2.92. The Morgan fingerprint density at radius 1 is 1.28 bits per heavy atom. The smallest absolute Gasteiger partial charge is 0.321 e. The average molecular weight is 348 g/mol. The lowest BCUT2D eigenvalue weighted by Gasteiger charge is -2.29. The average Bonchev–Trinajstić information content (AvgIpc) is 2.61. The summed E-state index contributed by atoms with van der Waals surface area (Å²) in [4.78, 5) is 34.8. The molecule has 0 aromatic heterocycles. The lowest BCUT2D eigenvalue weighted by atomic mass is 9.86. The van der Waals surface area contributed by atoms with Crippen LogP contribution in [0.3, 0.4) is 0 Å². The summed E-state index contributed by atoms with van der Waals surface area (Å²) in [7, 11) is 1.49. The normalized spacial score (nSPS) is 19.6. The number of carbonyl (C=O) groups is 3. The highest BCUT2D eigenvalue weighted by Gasteiger charge is 2.23. The molecule has 0 aliphatic heterocycles. The molecule has 7 heteroatoms. The van der Waals surface area contributed by atoms with Gasteiger partial charge in [0.05, 0.1) is 12.7 Å². The molecule has 0 unspecified atom stereocenters. The minimum atomic E-state index is -0.575. The highest BCUT2D eigenvalue weighted by atomic mass is 16.5. The Balaban J connectivity index is 1.82. The Morgan fingerprint density at radius 3 is 2.72 bits per heavy atom. The van der Waals surface area contributed by atoms with Crippen molar-refractivity contribution in [2.24, 2.45) is 5.92 Å². The predicted molar refractivity (Wildman–Crippen MR) is 92.0 cm³/mol. The first-order valence-electron chi connectivity index (χ1n) is 8.40. The van der Waals surface area contributed by atoms with Gasteiger partial charge in [0, 0.05) is 6.04 Å². The molecule has 2 rings (SSSR count). The third-order valence-corrected chi connectivity index (χ3v) is 4.38. The molecule has 0 heterocycles. The van der Waals surface area contributed by atoms with Crippen LogP contribution in [0.2, 0.25) is 0 Å². The molecule has 1 aromatic rings. The number of methoxy groups -OCH3 is 1. The SMILES string of the molecule is COc1ccc(OCC(=O)NC(=O)N[C@@H]2CCCC[C@@H]2C)c(C=O)c1. The van der Waals surface area contributed by atoms with Gasteiger partial charge in [0.25, 0.3) is 5.91 Å². The summed E-state index contributed by atoms with van der Waals surface area (Å²) in [5.74, 6) is 0.598. The topological polar surface area (TPSA) is 93.7 Å². The minimum absolute atomic E-state index is 0.0886. The fourth-order valence-electron chi connectivity index (χ4n) is 2.92. The highest BCUT2D eigenvalue weighted by Crippen LogP contribution is 2.24. The summed E-state index contributed by atoms with van der Waals surface area (Å²) in [5, 5.41) is 5.09. The zero-order valence-corrected chi connectivity index (χ0v) is 14.5. The molecule has 1 fully saturated rings. The van der Waals surface area contributed by atoms with Crippen molar-refractivity contribution in [1.82, 2.24) is 10.6 Å². The molecule has 2 atom stereocenters. The molecule has 0 bridgehead atoms. The Hall–Kier alpha value is -2.57. The number of hydrogen-bond acceptors (Lipinski definition) is 5. The number of imide groups is 1. The lowest BCUT2D eigenvalue weighted by molar-refractivity contribution is -0.122. The third kappa shape index (κ3) is 5.48. The van der Waals surface area contributed by atoms with Crippen molar-refractivity contribution < 1.29 is 23.9 Å². The number of benzene rings is 1. The fraction of sp³-hybridized carbons (Fsp3) is 0.500. The molecule has 136 valence electrons. The van der Waals surface area contributed by atoms with E-state index in [-0.39, 0.29) is 24.0 Å². The van der Waals surface area contributed by atoms with E-state index in [4.69, 9.17) is 9.47 Å². The molecule has 25 heavy (non-hydrogen) atoms. The lowest BCUT2D eigenvalue weighted by Crippen LogP contribution is -2.48. The highest BCUT2D eigenvalue weighted by molar-refractivity contribution is 5.95. The van der Waals surface area contributed by atoms with Gasteiger partial charge in [0.1, 0.15) is 11.5 Å². The van der Waals surface area contributed by atoms with Crippen LogP contribution in [0.5, 0.6) is 11.5 Å². The number of urea groups is 1. The summed E-state index contributed by atoms with van der Waals surface area (Å²) in [6.07, 6.45) is 4.88. The third-order valence-electron chi connectivity index (χ3n) is 4.38. The van der Waals surface area contributed by atoms with Gasteiger partial charge in [-0.25, -0.2) is 4.79 Å². The van der Waals surface area contributed by atoms with Crippen molar-refractivity contribution >= 4 is 18.2 Å². The molecule has 0 radical (unpaired) electrons. The van der Waals surface area contributed by atoms with Crippen LogP contribution in [0.1, 0.15) is 43.0 Å². The van der Waals surface area contributed by atoms with E-state index in [2.05, 4.69) is 17.6 Å². The van der Waals surface area contributed by atoms with Crippen molar-refractivity contribution in [1.29, 1.82) is 0 Å². The summed E-state index contributed by atoms with van der Waals surface area (Å²) in [6, 6.07) is 4.25. The largest absolute Gasteiger partial charge is 0.497 e. The number of aldehydes is 1. The van der Waals surface area contributed by atoms with Crippen LogP contribution in [0, 0.1) is 5.92 Å². The molecule has 2 N–H and O–H groups in total. The van der Waals surface area contributed by atoms with Gasteiger partial charge in [0.2, 0.25) is 0 Å². The zero-order chi connectivity index (χ0) is 18.2. The Kier molecular flexibility index (Phi) is 6.80. The Labute approximate surface area is 147 Å². The maximum atomic E-state index is 11.9. The molecule has 1 aliphatic rings. The second-order valence-corrected chi connectivity index (χ2v) is 6.20. The number of nitrogens with one attached hydrogen (secondary N) is 2. The van der Waals surface area contributed by atoms with Crippen LogP contribution in [0.4, 0.5) is 4.79 Å². The molecule has 7 nitrogen and oxygen atoms in total. The summed E-state index contributed by atoms with van der Waals surface area (Å²) in [5.41, 5.74) is 0.271. The van der Waals surface area contributed by atoms with Gasteiger partial charge >= 0.3 is 6.03 Å². The molecular formula is C18H24N2O5. The van der Waals surface area contributed by atoms with Gasteiger partial charge in [-0.3, -0.25) is 14.9 Å². The van der Waals surface area contributed by atoms with Crippen LogP contribution < -0.4 is 20.1 Å². The van der Waals surface area contributed by atoms with Crippen molar-refractivity contribution in [2.75, 3.05) is 13.7 Å². The van der Waals surface area contributed by atoms with E-state index < -0.39 is 11.9 Å². The Morgan fingerprint density at radius 2 is 2.04 bits per heavy atom. The van der Waals surface area contributed by atoms with Crippen molar-refractivity contribution in [3.8, 4) is 11.5 Å². The van der Waals surface area contributed by atoms with Crippen molar-refractivity contribution in [2.45, 2.75) is 38.6 Å². The maximum absolute atomic E-state index is 11.9. The van der Waals surface area contributed by atoms with Crippen LogP contribution in [0.25, 0.3) is 0 Å². The molecule has 0 saturated heterocycles. The molecule has 1 saturated carbocycles. The standard InChI is InChI=1S/C18H24N2O5/c1-12-5-3-4-6-15(12)19-18(23)20-17(22)11-25-16-8-7-14(24-2)9-13(16)10-21/h7-10,12,15H,3-6,11H2,1-2H3,(H2,19,20,22,23)/t12-,15+/m0/s1. The first kappa shape index (κ1) is 18.8. The van der Waals surface area contributed by atoms with Crippen molar-refractivity contribution in [3.63, 3.8) is 0 Å². The van der Waals surface area contributed by atoms with Crippen LogP contribution in [0.15, 0.2) is 18.2 Å². The summed E-state index contributed by atoms with van der Waals surface area (Å²) >= 11 is 0. The maximum Gasteiger partial charge on any atom is 0.321 e. The minimum Gasteiger partial charge on any atom is -0.497 e. The van der Waals surface area contributed by atoms with E-state index in [1.807, 2.05) is 0 Å². The van der Waals surface area contributed by atoms with Gasteiger partial charge in [-0.2, -0.15) is 0 Å². The van der Waals surface area contributed by atoms with Gasteiger partial charge in [0.15, 0.2) is 12.9 Å². The first-order chi connectivity index (χ1) is 12.0. The molecule has 1 aliphatic carbocycles. The van der Waals surface area contributed by atoms with E-state index in [9.17, 15) is 14.4 Å². The summed E-state index contributed by atoms with van der Waals surface area (Å²) in [6.45, 7) is 1.74. The molecular weight excluding hydrogens is 324 g/mol. The van der Waals surface area contributed by atoms with E-state index in [1.165, 1.54) is 19.6 Å². The monoisotopic (exact) mass is 348 g/mol. The van der Waals surface area contributed by atoms with E-state index in [0.29, 0.717) is 18.0 Å². The molecule has 1 aromatic carbocycles. The van der Waals surface area contributed by atoms with Gasteiger partial charge in [-0.15, -0.1) is 0 Å². The number of hydrogen-bond donors (Lipinski definition) is 2. The Bertz CT molecular complexity index is 632. The quantitative estimate of drug-likeness (QED) is 0.769. The number of ether oxygens (including phenoxy) is 2. The predicted octanol–water partition coefficient (Wildman–Crippen LogP) is 2.29. The van der Waals surface area contributed by atoms with E-state index in [1.54, 1.807) is 12.1 Å². The zero-order valence-electron chi connectivity index (χ0n) is 14.5. The van der Waals surface area contributed by atoms with Crippen LogP contribution >= 0.6 is 0 Å². The number of carbonyl (C=O) groups excluding carboxylic acids is 3. The number of amides is 3. The molecule has 3 amide bonds. The van der Waals surface area contributed by atoms with Crippen molar-refractivity contribution in [3.05, 3.63) is 23.8 Å². The number of rotatable bonds is 6. The van der Waals surface area contributed by atoms with Gasteiger partial charge < -0.3 is 14.8 Å². The van der Waals surface area contributed by atoms with E-state index >= 15 is 0 Å². The second kappa shape index (κ2) is 9.05. The van der Waals surface area contributed by atoms with Gasteiger partial charge in [-0.05, 0) is 37.0 Å². The van der Waals surface area contributed by atoms with Gasteiger partial charge in [-0.1, -0.05) is 19.8 Å². The van der Waals surface area contributed by atoms with E-state index in [0.717, 1.165) is 19.3 Å². The second-order valence-electron chi connectivity index (χ2n) is 6.20. The van der Waals surface area contributed by atoms with Crippen LogP contribution in [-0.4, -0.2) is 38.0 Å². The summed E-state index contributed by atoms with van der Waals surface area (Å²) < 4.78 is 10.3. The first-order valence-corrected chi connectivity index (χ1v) is 8.40. The molecule has 0 spiro atoms.